The van der Waals surface area contributed by atoms with Crippen LogP contribution in [0.5, 0.6) is 0 Å². The molecule has 0 aliphatic carbocycles. The minimum atomic E-state index is -1.55. The van der Waals surface area contributed by atoms with Crippen molar-refractivity contribution in [2.75, 3.05) is 10.6 Å². The van der Waals surface area contributed by atoms with Gasteiger partial charge in [0.1, 0.15) is 0 Å². The van der Waals surface area contributed by atoms with E-state index in [2.05, 4.69) is 25.8 Å². The zero-order chi connectivity index (χ0) is 19.4. The number of halogens is 3. The van der Waals surface area contributed by atoms with E-state index in [9.17, 15) is 13.2 Å². The molecule has 5 nitrogen and oxygen atoms in total. The molecule has 0 saturated carbocycles. The highest BCUT2D eigenvalue weighted by Gasteiger charge is 2.14. The molecule has 3 rings (SSSR count). The van der Waals surface area contributed by atoms with Crippen LogP contribution < -0.4 is 10.6 Å². The van der Waals surface area contributed by atoms with Gasteiger partial charge >= 0.3 is 0 Å². The molecule has 0 amide bonds. The third-order valence-corrected chi connectivity index (χ3v) is 4.09. The second kappa shape index (κ2) is 8.03. The Kier molecular flexibility index (Phi) is 5.54. The quantitative estimate of drug-likeness (QED) is 0.602. The normalized spacial score (nSPS) is 10.7. The van der Waals surface area contributed by atoms with Crippen molar-refractivity contribution < 1.29 is 13.2 Å². The van der Waals surface area contributed by atoms with Crippen molar-refractivity contribution in [1.82, 2.24) is 15.2 Å². The largest absolute Gasteiger partial charge is 0.336 e. The molecule has 0 bridgehead atoms. The van der Waals surface area contributed by atoms with Crippen molar-refractivity contribution in [3.8, 4) is 0 Å². The first-order chi connectivity index (χ1) is 13.0. The van der Waals surface area contributed by atoms with Gasteiger partial charge in [0, 0.05) is 5.69 Å². The standard InChI is InChI=1S/C19H18F3N5/c1-3-11-6-5-7-12(4-2)18(11)26-19-25-15(10-23-27-19)24-14-9-8-13(20)16(21)17(14)22/h5-10H,3-4H2,1-2H3,(H2,24,25,26,27). The van der Waals surface area contributed by atoms with E-state index in [0.717, 1.165) is 41.8 Å². The molecule has 0 aliphatic rings. The summed E-state index contributed by atoms with van der Waals surface area (Å²) >= 11 is 0. The lowest BCUT2D eigenvalue weighted by atomic mass is 10.0. The monoisotopic (exact) mass is 373 g/mol. The molecule has 140 valence electrons. The van der Waals surface area contributed by atoms with Gasteiger partial charge in [-0.2, -0.15) is 10.1 Å². The molecule has 0 fully saturated rings. The molecule has 2 aromatic carbocycles. The van der Waals surface area contributed by atoms with Gasteiger partial charge in [-0.1, -0.05) is 32.0 Å². The van der Waals surface area contributed by atoms with Gasteiger partial charge in [0.2, 0.25) is 5.95 Å². The van der Waals surface area contributed by atoms with Gasteiger partial charge in [-0.3, -0.25) is 0 Å². The van der Waals surface area contributed by atoms with Crippen LogP contribution in [0.2, 0.25) is 0 Å². The third kappa shape index (κ3) is 3.99. The summed E-state index contributed by atoms with van der Waals surface area (Å²) in [5.74, 6) is -3.79. The Labute approximate surface area is 154 Å². The molecule has 0 spiro atoms. The summed E-state index contributed by atoms with van der Waals surface area (Å²) in [6.45, 7) is 4.09. The van der Waals surface area contributed by atoms with Gasteiger partial charge in [-0.05, 0) is 36.1 Å². The molecule has 1 aromatic heterocycles. The Morgan fingerprint density at radius 2 is 1.59 bits per heavy atom. The molecule has 0 aliphatic heterocycles. The first-order valence-electron chi connectivity index (χ1n) is 8.51. The SMILES string of the molecule is CCc1cccc(CC)c1Nc1nncc(Nc2ccc(F)c(F)c2F)n1. The molecular formula is C19H18F3N5. The van der Waals surface area contributed by atoms with Crippen molar-refractivity contribution in [3.05, 3.63) is 65.1 Å². The van der Waals surface area contributed by atoms with Crippen molar-refractivity contribution in [2.24, 2.45) is 0 Å². The van der Waals surface area contributed by atoms with E-state index in [4.69, 9.17) is 0 Å². The van der Waals surface area contributed by atoms with Crippen LogP contribution in [0.3, 0.4) is 0 Å². The van der Waals surface area contributed by atoms with Crippen molar-refractivity contribution in [2.45, 2.75) is 26.7 Å². The van der Waals surface area contributed by atoms with Gasteiger partial charge in [0.05, 0.1) is 11.9 Å². The molecule has 0 unspecified atom stereocenters. The first-order valence-corrected chi connectivity index (χ1v) is 8.51. The minimum absolute atomic E-state index is 0.143. The number of aryl methyl sites for hydroxylation is 2. The minimum Gasteiger partial charge on any atom is -0.336 e. The average molecular weight is 373 g/mol. The molecule has 27 heavy (non-hydrogen) atoms. The fraction of sp³-hybridized carbons (Fsp3) is 0.211. The number of anilines is 4. The van der Waals surface area contributed by atoms with E-state index in [-0.39, 0.29) is 17.5 Å². The molecule has 0 radical (unpaired) electrons. The summed E-state index contributed by atoms with van der Waals surface area (Å²) in [7, 11) is 0. The Hall–Kier alpha value is -3.16. The fourth-order valence-electron chi connectivity index (χ4n) is 2.69. The Balaban J connectivity index is 1.88. The third-order valence-electron chi connectivity index (χ3n) is 4.09. The van der Waals surface area contributed by atoms with Crippen molar-refractivity contribution in [3.63, 3.8) is 0 Å². The Bertz CT molecular complexity index is 940. The zero-order valence-electron chi connectivity index (χ0n) is 14.9. The lowest BCUT2D eigenvalue weighted by Gasteiger charge is -2.14. The predicted octanol–water partition coefficient (Wildman–Crippen LogP) is 4.90. The van der Waals surface area contributed by atoms with E-state index in [1.807, 2.05) is 32.0 Å². The summed E-state index contributed by atoms with van der Waals surface area (Å²) in [6, 6.07) is 7.93. The van der Waals surface area contributed by atoms with Crippen molar-refractivity contribution >= 4 is 23.1 Å². The van der Waals surface area contributed by atoms with Gasteiger partial charge < -0.3 is 10.6 Å². The van der Waals surface area contributed by atoms with E-state index >= 15 is 0 Å². The summed E-state index contributed by atoms with van der Waals surface area (Å²) in [5, 5.41) is 13.5. The fourth-order valence-corrected chi connectivity index (χ4v) is 2.69. The number of para-hydroxylation sites is 1. The molecule has 0 atom stereocenters. The van der Waals surface area contributed by atoms with Crippen LogP contribution in [-0.4, -0.2) is 15.2 Å². The average Bonchev–Trinajstić information content (AvgIpc) is 2.69. The van der Waals surface area contributed by atoms with Crippen LogP contribution in [-0.2, 0) is 12.8 Å². The van der Waals surface area contributed by atoms with E-state index in [0.29, 0.717) is 0 Å². The van der Waals surface area contributed by atoms with Crippen LogP contribution in [0.15, 0.2) is 36.5 Å². The highest BCUT2D eigenvalue weighted by Crippen LogP contribution is 2.26. The van der Waals surface area contributed by atoms with Crippen LogP contribution in [0.25, 0.3) is 0 Å². The van der Waals surface area contributed by atoms with Gasteiger partial charge in [0.15, 0.2) is 23.3 Å². The van der Waals surface area contributed by atoms with Crippen LogP contribution >= 0.6 is 0 Å². The summed E-state index contributed by atoms with van der Waals surface area (Å²) in [6.07, 6.45) is 2.90. The molecule has 0 saturated heterocycles. The molecular weight excluding hydrogens is 355 g/mol. The Morgan fingerprint density at radius 3 is 2.26 bits per heavy atom. The zero-order valence-corrected chi connectivity index (χ0v) is 14.9. The first kappa shape index (κ1) is 18.6. The summed E-state index contributed by atoms with van der Waals surface area (Å²) in [4.78, 5) is 4.23. The molecule has 1 heterocycles. The molecule has 2 N–H and O–H groups in total. The van der Waals surface area contributed by atoms with Crippen LogP contribution in [0.4, 0.5) is 36.3 Å². The van der Waals surface area contributed by atoms with Gasteiger partial charge in [-0.15, -0.1) is 5.10 Å². The number of aromatic nitrogens is 3. The maximum Gasteiger partial charge on any atom is 0.249 e. The van der Waals surface area contributed by atoms with Gasteiger partial charge in [0.25, 0.3) is 0 Å². The van der Waals surface area contributed by atoms with Crippen LogP contribution in [0, 0.1) is 17.5 Å². The summed E-state index contributed by atoms with van der Waals surface area (Å²) < 4.78 is 40.3. The smallest absolute Gasteiger partial charge is 0.249 e. The number of hydrogen-bond donors (Lipinski definition) is 2. The van der Waals surface area contributed by atoms with Gasteiger partial charge in [-0.25, -0.2) is 13.2 Å². The van der Waals surface area contributed by atoms with E-state index in [1.165, 1.54) is 6.20 Å². The molecule has 3 aromatic rings. The second-order valence-corrected chi connectivity index (χ2v) is 5.80. The highest BCUT2D eigenvalue weighted by molar-refractivity contribution is 5.65. The summed E-state index contributed by atoms with van der Waals surface area (Å²) in [5.41, 5.74) is 2.86. The number of rotatable bonds is 6. The van der Waals surface area contributed by atoms with Crippen molar-refractivity contribution in [1.29, 1.82) is 0 Å². The predicted molar refractivity (Wildman–Crippen MR) is 97.9 cm³/mol. The Morgan fingerprint density at radius 1 is 0.889 bits per heavy atom. The van der Waals surface area contributed by atoms with E-state index in [1.54, 1.807) is 0 Å². The number of hydrogen-bond acceptors (Lipinski definition) is 5. The number of nitrogens with one attached hydrogen (secondary N) is 2. The lowest BCUT2D eigenvalue weighted by molar-refractivity contribution is 0.449. The maximum absolute atomic E-state index is 13.8. The topological polar surface area (TPSA) is 62.7 Å². The van der Waals surface area contributed by atoms with Crippen LogP contribution in [0.1, 0.15) is 25.0 Å². The lowest BCUT2D eigenvalue weighted by Crippen LogP contribution is -2.06. The highest BCUT2D eigenvalue weighted by atomic mass is 19.2. The van der Waals surface area contributed by atoms with E-state index < -0.39 is 17.5 Å². The number of nitrogens with zero attached hydrogens (tertiary/aromatic N) is 3. The number of benzene rings is 2. The second-order valence-electron chi connectivity index (χ2n) is 5.80. The maximum atomic E-state index is 13.8. The molecule has 8 heteroatoms.